The number of nitrogens with one attached hydrogen (secondary N) is 1. The van der Waals surface area contributed by atoms with Crippen LogP contribution in [0.25, 0.3) is 0 Å². The Labute approximate surface area is 63.2 Å². The predicted octanol–water partition coefficient (Wildman–Crippen LogP) is 1.54. The zero-order valence-electron chi connectivity index (χ0n) is 7.21. The van der Waals surface area contributed by atoms with Gasteiger partial charge in [-0.05, 0) is 27.7 Å². The van der Waals surface area contributed by atoms with Gasteiger partial charge in [0.15, 0.2) is 0 Å². The highest BCUT2D eigenvalue weighted by molar-refractivity contribution is 5.21. The fourth-order valence-corrected chi connectivity index (χ4v) is 1.41. The number of hydrogen-bond donors (Lipinski definition) is 1. The van der Waals surface area contributed by atoms with Gasteiger partial charge in [0.2, 0.25) is 0 Å². The topological polar surface area (TPSA) is 12.0 Å². The van der Waals surface area contributed by atoms with E-state index >= 15 is 0 Å². The molecule has 0 spiro atoms. The molecule has 0 atom stereocenters. The molecule has 0 saturated carbocycles. The lowest BCUT2D eigenvalue weighted by molar-refractivity contribution is 0.308. The van der Waals surface area contributed by atoms with Crippen LogP contribution in [-0.4, -0.2) is 11.1 Å². The molecule has 1 N–H and O–H groups in total. The molecule has 1 aliphatic heterocycles. The summed E-state index contributed by atoms with van der Waals surface area (Å²) in [6.07, 6.45) is 0.955. The third-order valence-electron chi connectivity index (χ3n) is 1.58. The Kier molecular flexibility index (Phi) is 1.53. The minimum Gasteiger partial charge on any atom is -0.296 e. The molecule has 1 aliphatic rings. The molecule has 0 saturated heterocycles. The van der Waals surface area contributed by atoms with E-state index in [1.165, 1.54) is 0 Å². The molecule has 0 fully saturated rings. The first kappa shape index (κ1) is 7.63. The second kappa shape index (κ2) is 2.00. The van der Waals surface area contributed by atoms with E-state index < -0.39 is 0 Å². The van der Waals surface area contributed by atoms with Crippen molar-refractivity contribution in [2.24, 2.45) is 0 Å². The van der Waals surface area contributed by atoms with Crippen LogP contribution in [0.15, 0.2) is 0 Å². The molecule has 56 valence electrons. The summed E-state index contributed by atoms with van der Waals surface area (Å²) in [5.41, 5.74) is 0.191. The lowest BCUT2D eigenvalue weighted by Gasteiger charge is -2.35. The summed E-state index contributed by atoms with van der Waals surface area (Å²) >= 11 is 0. The Morgan fingerprint density at radius 2 is 1.80 bits per heavy atom. The second-order valence-corrected chi connectivity index (χ2v) is 4.11. The van der Waals surface area contributed by atoms with E-state index in [9.17, 15) is 0 Å². The Balaban J connectivity index is 2.79. The van der Waals surface area contributed by atoms with Gasteiger partial charge in [-0.25, -0.2) is 0 Å². The molecule has 0 bridgehead atoms. The zero-order chi connectivity index (χ0) is 7.83. The first-order valence-electron chi connectivity index (χ1n) is 3.71. The van der Waals surface area contributed by atoms with Crippen molar-refractivity contribution in [3.8, 4) is 11.8 Å². The van der Waals surface area contributed by atoms with Crippen molar-refractivity contribution in [1.29, 1.82) is 0 Å². The van der Waals surface area contributed by atoms with Gasteiger partial charge in [-0.1, -0.05) is 11.8 Å². The summed E-state index contributed by atoms with van der Waals surface area (Å²) in [6.45, 7) is 8.59. The Morgan fingerprint density at radius 3 is 2.10 bits per heavy atom. The van der Waals surface area contributed by atoms with Crippen molar-refractivity contribution >= 4 is 0 Å². The van der Waals surface area contributed by atoms with Crippen LogP contribution < -0.4 is 5.32 Å². The molecule has 0 aromatic heterocycles. The highest BCUT2D eigenvalue weighted by Gasteiger charge is 2.27. The SMILES string of the molecule is CC1(C)C#CCC(C)(C)N1. The summed E-state index contributed by atoms with van der Waals surface area (Å²) in [5.74, 6) is 6.31. The average Bonchev–Trinajstić information content (AvgIpc) is 1.56. The molecule has 1 rings (SSSR count). The zero-order valence-corrected chi connectivity index (χ0v) is 7.21. The van der Waals surface area contributed by atoms with Gasteiger partial charge in [-0.15, -0.1) is 0 Å². The third-order valence-corrected chi connectivity index (χ3v) is 1.58. The fraction of sp³-hybridized carbons (Fsp3) is 0.778. The van der Waals surface area contributed by atoms with E-state index in [-0.39, 0.29) is 11.1 Å². The van der Waals surface area contributed by atoms with Crippen LogP contribution in [0, 0.1) is 11.8 Å². The first-order valence-corrected chi connectivity index (χ1v) is 3.71. The van der Waals surface area contributed by atoms with Gasteiger partial charge in [0, 0.05) is 12.0 Å². The Morgan fingerprint density at radius 1 is 1.20 bits per heavy atom. The lowest BCUT2D eigenvalue weighted by atomic mass is 9.91. The average molecular weight is 137 g/mol. The summed E-state index contributed by atoms with van der Waals surface area (Å²) in [6, 6.07) is 0. The molecule has 0 aromatic carbocycles. The normalized spacial score (nSPS) is 26.8. The molecular formula is C9H15N. The summed E-state index contributed by atoms with van der Waals surface area (Å²) in [7, 11) is 0. The fourth-order valence-electron chi connectivity index (χ4n) is 1.41. The van der Waals surface area contributed by atoms with Crippen LogP contribution >= 0.6 is 0 Å². The molecule has 1 heteroatoms. The Hall–Kier alpha value is -0.480. The monoisotopic (exact) mass is 137 g/mol. The number of rotatable bonds is 0. The van der Waals surface area contributed by atoms with Gasteiger partial charge < -0.3 is 0 Å². The molecule has 10 heavy (non-hydrogen) atoms. The molecule has 1 heterocycles. The minimum absolute atomic E-state index is 0.00174. The van der Waals surface area contributed by atoms with Crippen LogP contribution in [0.3, 0.4) is 0 Å². The standard InChI is InChI=1S/C9H15N/c1-8(2)6-5-7-9(3,4)10-8/h10H,6H2,1-4H3. The highest BCUT2D eigenvalue weighted by Crippen LogP contribution is 2.17. The van der Waals surface area contributed by atoms with Crippen molar-refractivity contribution in [2.75, 3.05) is 0 Å². The van der Waals surface area contributed by atoms with E-state index in [0.29, 0.717) is 0 Å². The summed E-state index contributed by atoms with van der Waals surface area (Å²) in [4.78, 5) is 0. The Bertz CT molecular complexity index is 191. The molecule has 0 aromatic rings. The largest absolute Gasteiger partial charge is 0.296 e. The van der Waals surface area contributed by atoms with Crippen LogP contribution in [0.1, 0.15) is 34.1 Å². The van der Waals surface area contributed by atoms with Gasteiger partial charge in [0.1, 0.15) is 0 Å². The highest BCUT2D eigenvalue weighted by atomic mass is 15.0. The molecule has 0 radical (unpaired) electrons. The molecule has 1 nitrogen and oxygen atoms in total. The first-order chi connectivity index (χ1) is 4.41. The van der Waals surface area contributed by atoms with E-state index in [1.807, 2.05) is 0 Å². The minimum atomic E-state index is 0.00174. The van der Waals surface area contributed by atoms with E-state index in [1.54, 1.807) is 0 Å². The predicted molar refractivity (Wildman–Crippen MR) is 43.7 cm³/mol. The molecule has 0 amide bonds. The summed E-state index contributed by atoms with van der Waals surface area (Å²) in [5, 5.41) is 3.46. The van der Waals surface area contributed by atoms with Gasteiger partial charge in [0.05, 0.1) is 5.54 Å². The molecular weight excluding hydrogens is 122 g/mol. The van der Waals surface area contributed by atoms with Crippen LogP contribution in [0.4, 0.5) is 0 Å². The maximum atomic E-state index is 3.46. The van der Waals surface area contributed by atoms with Crippen molar-refractivity contribution in [3.63, 3.8) is 0 Å². The third kappa shape index (κ3) is 1.75. The van der Waals surface area contributed by atoms with Gasteiger partial charge in [-0.3, -0.25) is 5.32 Å². The quantitative estimate of drug-likeness (QED) is 0.499. The van der Waals surface area contributed by atoms with E-state index in [0.717, 1.165) is 6.42 Å². The van der Waals surface area contributed by atoms with E-state index in [4.69, 9.17) is 0 Å². The van der Waals surface area contributed by atoms with Crippen molar-refractivity contribution < 1.29 is 0 Å². The van der Waals surface area contributed by atoms with Gasteiger partial charge in [0.25, 0.3) is 0 Å². The summed E-state index contributed by atoms with van der Waals surface area (Å²) < 4.78 is 0. The number of hydrogen-bond acceptors (Lipinski definition) is 1. The van der Waals surface area contributed by atoms with Crippen LogP contribution in [-0.2, 0) is 0 Å². The van der Waals surface area contributed by atoms with Crippen molar-refractivity contribution in [2.45, 2.75) is 45.2 Å². The lowest BCUT2D eigenvalue weighted by Crippen LogP contribution is -2.53. The molecule has 0 aliphatic carbocycles. The second-order valence-electron chi connectivity index (χ2n) is 4.11. The van der Waals surface area contributed by atoms with E-state index in [2.05, 4.69) is 44.9 Å². The smallest absolute Gasteiger partial charge is 0.0748 e. The maximum Gasteiger partial charge on any atom is 0.0748 e. The van der Waals surface area contributed by atoms with Gasteiger partial charge >= 0.3 is 0 Å². The van der Waals surface area contributed by atoms with Crippen LogP contribution in [0.2, 0.25) is 0 Å². The van der Waals surface area contributed by atoms with Gasteiger partial charge in [-0.2, -0.15) is 0 Å². The van der Waals surface area contributed by atoms with Crippen molar-refractivity contribution in [1.82, 2.24) is 5.32 Å². The van der Waals surface area contributed by atoms with Crippen molar-refractivity contribution in [3.05, 3.63) is 0 Å². The molecule has 0 unspecified atom stereocenters. The van der Waals surface area contributed by atoms with Crippen LogP contribution in [0.5, 0.6) is 0 Å². The maximum absolute atomic E-state index is 3.46.